The Morgan fingerprint density at radius 1 is 0.792 bits per heavy atom. The molecule has 120 valence electrons. The Morgan fingerprint density at radius 3 is 2.08 bits per heavy atom. The van der Waals surface area contributed by atoms with E-state index in [0.29, 0.717) is 15.3 Å². The summed E-state index contributed by atoms with van der Waals surface area (Å²) >= 11 is -2.35. The Hall–Kier alpha value is -2.55. The average molecular weight is 382 g/mol. The third-order valence-electron chi connectivity index (χ3n) is 3.55. The van der Waals surface area contributed by atoms with Crippen LogP contribution in [-0.2, 0) is 9.15 Å². The number of benzene rings is 3. The SMILES string of the molecule is O=C(Nc1ccccc1)c1ccccc1[Se](=O)Cc1ccccc1. The van der Waals surface area contributed by atoms with Gasteiger partial charge in [-0.3, -0.25) is 0 Å². The predicted molar refractivity (Wildman–Crippen MR) is 97.1 cm³/mol. The first-order chi connectivity index (χ1) is 11.7. The van der Waals surface area contributed by atoms with Crippen molar-refractivity contribution in [2.24, 2.45) is 0 Å². The van der Waals surface area contributed by atoms with Crippen LogP contribution >= 0.6 is 0 Å². The normalized spacial score (nSPS) is 11.7. The van der Waals surface area contributed by atoms with Crippen molar-refractivity contribution in [1.82, 2.24) is 0 Å². The maximum atomic E-state index is 12.8. The van der Waals surface area contributed by atoms with Crippen LogP contribution in [0.15, 0.2) is 84.9 Å². The molecule has 3 aromatic carbocycles. The minimum atomic E-state index is -2.35. The van der Waals surface area contributed by atoms with E-state index < -0.39 is 13.8 Å². The van der Waals surface area contributed by atoms with Gasteiger partial charge in [-0.1, -0.05) is 0 Å². The number of hydrogen-bond donors (Lipinski definition) is 1. The van der Waals surface area contributed by atoms with Crippen molar-refractivity contribution in [1.29, 1.82) is 0 Å². The molecule has 0 aromatic heterocycles. The zero-order valence-electron chi connectivity index (χ0n) is 13.0. The molecular formula is C20H17NO2Se. The minimum absolute atomic E-state index is 0.227. The molecule has 0 fully saturated rings. The summed E-state index contributed by atoms with van der Waals surface area (Å²) in [4.78, 5) is 12.6. The van der Waals surface area contributed by atoms with Crippen LogP contribution in [0.5, 0.6) is 0 Å². The Morgan fingerprint density at radius 2 is 1.38 bits per heavy atom. The van der Waals surface area contributed by atoms with E-state index in [-0.39, 0.29) is 5.91 Å². The van der Waals surface area contributed by atoms with Crippen molar-refractivity contribution in [3.05, 3.63) is 96.1 Å². The molecule has 24 heavy (non-hydrogen) atoms. The van der Waals surface area contributed by atoms with Gasteiger partial charge in [0, 0.05) is 0 Å². The van der Waals surface area contributed by atoms with E-state index in [2.05, 4.69) is 5.32 Å². The summed E-state index contributed by atoms with van der Waals surface area (Å²) in [6, 6.07) is 26.1. The third-order valence-corrected chi connectivity index (χ3v) is 6.57. The van der Waals surface area contributed by atoms with Gasteiger partial charge >= 0.3 is 145 Å². The fourth-order valence-corrected chi connectivity index (χ4v) is 5.08. The first kappa shape index (κ1) is 16.3. The molecule has 0 saturated heterocycles. The summed E-state index contributed by atoms with van der Waals surface area (Å²) in [6.45, 7) is 0. The Bertz CT molecular complexity index is 775. The molecule has 3 rings (SSSR count). The van der Waals surface area contributed by atoms with Crippen molar-refractivity contribution < 1.29 is 8.63 Å². The van der Waals surface area contributed by atoms with Crippen LogP contribution in [0, 0.1) is 0 Å². The van der Waals surface area contributed by atoms with Gasteiger partial charge in [-0.05, 0) is 0 Å². The Balaban J connectivity index is 1.82. The number of rotatable bonds is 5. The fourth-order valence-electron chi connectivity index (χ4n) is 2.38. The van der Waals surface area contributed by atoms with Crippen LogP contribution in [0.25, 0.3) is 0 Å². The van der Waals surface area contributed by atoms with Gasteiger partial charge in [0.05, 0.1) is 0 Å². The Kier molecular flexibility index (Phi) is 5.32. The molecular weight excluding hydrogens is 365 g/mol. The molecule has 0 aliphatic carbocycles. The average Bonchev–Trinajstić information content (AvgIpc) is 2.63. The molecule has 3 nitrogen and oxygen atoms in total. The Labute approximate surface area is 145 Å². The van der Waals surface area contributed by atoms with Gasteiger partial charge in [0.15, 0.2) is 0 Å². The quantitative estimate of drug-likeness (QED) is 0.688. The van der Waals surface area contributed by atoms with E-state index in [4.69, 9.17) is 0 Å². The molecule has 0 spiro atoms. The number of amides is 1. The number of para-hydroxylation sites is 1. The van der Waals surface area contributed by atoms with Gasteiger partial charge in [0.25, 0.3) is 0 Å². The molecule has 1 atom stereocenters. The van der Waals surface area contributed by atoms with E-state index in [1.165, 1.54) is 0 Å². The van der Waals surface area contributed by atoms with Crippen LogP contribution in [0.2, 0.25) is 0 Å². The van der Waals surface area contributed by atoms with Crippen molar-refractivity contribution in [3.63, 3.8) is 0 Å². The van der Waals surface area contributed by atoms with Crippen molar-refractivity contribution >= 4 is 29.9 Å². The van der Waals surface area contributed by atoms with Gasteiger partial charge in [-0.25, -0.2) is 0 Å². The molecule has 3 aromatic rings. The van der Waals surface area contributed by atoms with Crippen molar-refractivity contribution in [2.75, 3.05) is 5.32 Å². The second-order valence-electron chi connectivity index (χ2n) is 5.29. The molecule has 0 heterocycles. The molecule has 0 bridgehead atoms. The molecule has 0 aliphatic rings. The summed E-state index contributed by atoms with van der Waals surface area (Å²) in [6.07, 6.45) is 0. The molecule has 0 saturated carbocycles. The zero-order valence-corrected chi connectivity index (χ0v) is 14.7. The monoisotopic (exact) mass is 383 g/mol. The van der Waals surface area contributed by atoms with Crippen LogP contribution in [0.4, 0.5) is 5.69 Å². The zero-order chi connectivity index (χ0) is 16.8. The molecule has 1 unspecified atom stereocenters. The number of anilines is 1. The number of hydrogen-bond acceptors (Lipinski definition) is 2. The summed E-state index contributed by atoms with van der Waals surface area (Å²) < 4.78 is 13.5. The van der Waals surface area contributed by atoms with E-state index in [9.17, 15) is 8.63 Å². The number of carbonyl (C=O) groups excluding carboxylic acids is 1. The van der Waals surface area contributed by atoms with E-state index in [1.807, 2.05) is 66.7 Å². The van der Waals surface area contributed by atoms with E-state index in [1.54, 1.807) is 18.2 Å². The number of nitrogens with one attached hydrogen (secondary N) is 1. The van der Waals surface area contributed by atoms with E-state index in [0.717, 1.165) is 11.3 Å². The molecule has 1 N–H and O–H groups in total. The van der Waals surface area contributed by atoms with Crippen LogP contribution in [0.1, 0.15) is 15.9 Å². The summed E-state index contributed by atoms with van der Waals surface area (Å²) in [5.74, 6) is -0.227. The van der Waals surface area contributed by atoms with Gasteiger partial charge in [-0.2, -0.15) is 0 Å². The van der Waals surface area contributed by atoms with Crippen LogP contribution in [0.3, 0.4) is 0 Å². The topological polar surface area (TPSA) is 46.2 Å². The van der Waals surface area contributed by atoms with Gasteiger partial charge in [-0.15, -0.1) is 0 Å². The van der Waals surface area contributed by atoms with Crippen molar-refractivity contribution in [2.45, 2.75) is 5.32 Å². The standard InChI is InChI=1S/C20H17NO2Se/c22-20(21-17-11-5-2-6-12-17)18-13-7-8-14-19(18)24(23)15-16-9-3-1-4-10-16/h1-14H,15H2,(H,21,22). The second kappa shape index (κ2) is 7.82. The van der Waals surface area contributed by atoms with Gasteiger partial charge in [0.1, 0.15) is 0 Å². The van der Waals surface area contributed by atoms with Crippen LogP contribution in [-0.4, -0.2) is 19.7 Å². The molecule has 4 heteroatoms. The fraction of sp³-hybridized carbons (Fsp3) is 0.0500. The summed E-state index contributed by atoms with van der Waals surface area (Å²) in [5, 5.41) is 3.34. The third kappa shape index (κ3) is 4.05. The first-order valence-corrected chi connectivity index (χ1v) is 10.4. The first-order valence-electron chi connectivity index (χ1n) is 7.62. The molecule has 1 amide bonds. The number of carbonyl (C=O) groups is 1. The summed E-state index contributed by atoms with van der Waals surface area (Å²) in [7, 11) is 0. The summed E-state index contributed by atoms with van der Waals surface area (Å²) in [5.41, 5.74) is 2.23. The van der Waals surface area contributed by atoms with Gasteiger partial charge < -0.3 is 0 Å². The van der Waals surface area contributed by atoms with Gasteiger partial charge in [0.2, 0.25) is 0 Å². The van der Waals surface area contributed by atoms with Crippen LogP contribution < -0.4 is 9.78 Å². The maximum absolute atomic E-state index is 12.8. The van der Waals surface area contributed by atoms with E-state index >= 15 is 0 Å². The van der Waals surface area contributed by atoms with Crippen molar-refractivity contribution in [3.8, 4) is 0 Å². The second-order valence-corrected chi connectivity index (χ2v) is 8.27. The predicted octanol–water partition coefficient (Wildman–Crippen LogP) is 3.35. The molecule has 0 aliphatic heterocycles. The molecule has 0 radical (unpaired) electrons.